The van der Waals surface area contributed by atoms with Crippen molar-refractivity contribution in [3.05, 3.63) is 0 Å². The average molecular weight is 350 g/mol. The van der Waals surface area contributed by atoms with Crippen molar-refractivity contribution < 1.29 is 61.2 Å². The normalized spacial score (nSPS) is 17.2. The van der Waals surface area contributed by atoms with Crippen LogP contribution in [0.15, 0.2) is 0 Å². The molecular formula is C5HF11O3S. The van der Waals surface area contributed by atoms with E-state index in [9.17, 15) is 52.5 Å². The zero-order chi connectivity index (χ0) is 16.8. The Labute approximate surface area is 104 Å². The quantitative estimate of drug-likeness (QED) is 0.612. The van der Waals surface area contributed by atoms with Crippen LogP contribution in [-0.4, -0.2) is 38.8 Å². The van der Waals surface area contributed by atoms with E-state index in [1.165, 1.54) is 0 Å². The van der Waals surface area contributed by atoms with Crippen LogP contribution < -0.4 is 0 Å². The van der Waals surface area contributed by atoms with Crippen LogP contribution >= 0.6 is 0 Å². The summed E-state index contributed by atoms with van der Waals surface area (Å²) in [4.78, 5) is 0. The number of halogens is 11. The molecule has 0 saturated heterocycles. The van der Waals surface area contributed by atoms with Gasteiger partial charge in [-0.3, -0.25) is 4.55 Å². The summed E-state index contributed by atoms with van der Waals surface area (Å²) >= 11 is -4.35. The lowest BCUT2D eigenvalue weighted by Gasteiger charge is -2.35. The minimum atomic E-state index is -7.67. The molecule has 0 fully saturated rings. The van der Waals surface area contributed by atoms with Gasteiger partial charge in [-0.2, -0.15) is 56.7 Å². The summed E-state index contributed by atoms with van der Waals surface area (Å²) in [6.07, 6.45) is -14.1. The molecule has 1 unspecified atom stereocenters. The van der Waals surface area contributed by atoms with E-state index in [4.69, 9.17) is 4.55 Å². The third-order valence-corrected chi connectivity index (χ3v) is 2.04. The van der Waals surface area contributed by atoms with Crippen molar-refractivity contribution in [2.75, 3.05) is 0 Å². The molecule has 0 aliphatic heterocycles. The first-order chi connectivity index (χ1) is 8.42. The molecule has 20 heavy (non-hydrogen) atoms. The van der Waals surface area contributed by atoms with Gasteiger partial charge >= 0.3 is 41.4 Å². The van der Waals surface area contributed by atoms with Crippen molar-refractivity contribution in [3.8, 4) is 0 Å². The summed E-state index contributed by atoms with van der Waals surface area (Å²) in [6, 6.07) is 0. The number of alkyl halides is 11. The van der Waals surface area contributed by atoms with E-state index in [0.29, 0.717) is 0 Å². The molecule has 15 heteroatoms. The standard InChI is InChI=1S/C5HF11O3S/c6-1(7,2(8,9)4(12,13)14)3(10,11)5(15,16)19-20(17)18/h(H,17,18). The smallest absolute Gasteiger partial charge is 0.284 e. The van der Waals surface area contributed by atoms with Gasteiger partial charge in [0, 0.05) is 0 Å². The van der Waals surface area contributed by atoms with Crippen LogP contribution in [0.2, 0.25) is 0 Å². The van der Waals surface area contributed by atoms with Gasteiger partial charge in [0.1, 0.15) is 0 Å². The molecule has 0 spiro atoms. The molecule has 1 atom stereocenters. The fraction of sp³-hybridized carbons (Fsp3) is 1.00. The molecule has 0 saturated carbocycles. The summed E-state index contributed by atoms with van der Waals surface area (Å²) in [7, 11) is 0. The first kappa shape index (κ1) is 19.3. The zero-order valence-corrected chi connectivity index (χ0v) is 9.15. The summed E-state index contributed by atoms with van der Waals surface area (Å²) in [6.45, 7) is 0. The lowest BCUT2D eigenvalue weighted by molar-refractivity contribution is -0.444. The second-order valence-electron chi connectivity index (χ2n) is 3.04. The van der Waals surface area contributed by atoms with Gasteiger partial charge in [0.2, 0.25) is 0 Å². The largest absolute Gasteiger partial charge is 0.460 e. The summed E-state index contributed by atoms with van der Waals surface area (Å²) in [5.41, 5.74) is 0. The van der Waals surface area contributed by atoms with Gasteiger partial charge in [0.05, 0.1) is 0 Å². The van der Waals surface area contributed by atoms with Crippen molar-refractivity contribution in [2.24, 2.45) is 0 Å². The van der Waals surface area contributed by atoms with Crippen molar-refractivity contribution in [1.29, 1.82) is 0 Å². The Bertz CT molecular complexity index is 388. The lowest BCUT2D eigenvalue weighted by atomic mass is 10.0. The molecule has 0 aromatic rings. The highest BCUT2D eigenvalue weighted by Gasteiger charge is 2.88. The van der Waals surface area contributed by atoms with Gasteiger partial charge in [-0.05, 0) is 0 Å². The number of hydrogen-bond acceptors (Lipinski definition) is 2. The fourth-order valence-electron chi connectivity index (χ4n) is 0.700. The molecule has 0 heterocycles. The third-order valence-electron chi connectivity index (χ3n) is 1.69. The second kappa shape index (κ2) is 4.94. The van der Waals surface area contributed by atoms with Gasteiger partial charge < -0.3 is 0 Å². The van der Waals surface area contributed by atoms with E-state index >= 15 is 0 Å². The monoisotopic (exact) mass is 350 g/mol. The summed E-state index contributed by atoms with van der Waals surface area (Å²) in [5, 5.41) is 0. The molecule has 0 aromatic heterocycles. The number of rotatable bonds is 5. The van der Waals surface area contributed by atoms with E-state index in [1.807, 2.05) is 0 Å². The van der Waals surface area contributed by atoms with E-state index in [0.717, 1.165) is 0 Å². The molecule has 0 aliphatic rings. The second-order valence-corrected chi connectivity index (χ2v) is 3.64. The maximum atomic E-state index is 12.5. The van der Waals surface area contributed by atoms with E-state index in [1.54, 1.807) is 0 Å². The predicted molar refractivity (Wildman–Crippen MR) is 37.7 cm³/mol. The highest BCUT2D eigenvalue weighted by Crippen LogP contribution is 2.57. The van der Waals surface area contributed by atoms with Gasteiger partial charge in [-0.15, -0.1) is 0 Å². The van der Waals surface area contributed by atoms with Gasteiger partial charge in [-0.25, -0.2) is 0 Å². The lowest BCUT2D eigenvalue weighted by Crippen LogP contribution is -2.66. The molecule has 122 valence electrons. The topological polar surface area (TPSA) is 46.5 Å². The summed E-state index contributed by atoms with van der Waals surface area (Å²) < 4.78 is 153. The van der Waals surface area contributed by atoms with E-state index in [-0.39, 0.29) is 0 Å². The minimum absolute atomic E-state index is 2.06. The van der Waals surface area contributed by atoms with E-state index in [2.05, 4.69) is 4.18 Å². The molecule has 3 nitrogen and oxygen atoms in total. The van der Waals surface area contributed by atoms with E-state index < -0.39 is 41.4 Å². The highest BCUT2D eigenvalue weighted by molar-refractivity contribution is 7.74. The summed E-state index contributed by atoms with van der Waals surface area (Å²) in [5.74, 6) is -22.7. The Balaban J connectivity index is 5.86. The van der Waals surface area contributed by atoms with Crippen LogP contribution in [0.25, 0.3) is 0 Å². The molecule has 0 aromatic carbocycles. The molecule has 0 aliphatic carbocycles. The Hall–Kier alpha value is -0.700. The predicted octanol–water partition coefficient (Wildman–Crippen LogP) is 3.20. The van der Waals surface area contributed by atoms with Crippen LogP contribution in [0.4, 0.5) is 48.3 Å². The van der Waals surface area contributed by atoms with Crippen LogP contribution in [-0.2, 0) is 15.5 Å². The average Bonchev–Trinajstić information content (AvgIpc) is 2.12. The van der Waals surface area contributed by atoms with Crippen LogP contribution in [0, 0.1) is 0 Å². The van der Waals surface area contributed by atoms with Crippen LogP contribution in [0.3, 0.4) is 0 Å². The first-order valence-electron chi connectivity index (χ1n) is 3.80. The maximum Gasteiger partial charge on any atom is 0.460 e. The molecule has 0 bridgehead atoms. The Morgan fingerprint density at radius 3 is 1.30 bits per heavy atom. The number of hydrogen-bond donors (Lipinski definition) is 1. The van der Waals surface area contributed by atoms with Crippen molar-refractivity contribution in [3.63, 3.8) is 0 Å². The van der Waals surface area contributed by atoms with Crippen LogP contribution in [0.5, 0.6) is 0 Å². The Morgan fingerprint density at radius 1 is 0.700 bits per heavy atom. The van der Waals surface area contributed by atoms with Crippen molar-refractivity contribution >= 4 is 11.4 Å². The Morgan fingerprint density at radius 2 is 1.05 bits per heavy atom. The van der Waals surface area contributed by atoms with Gasteiger partial charge in [0.15, 0.2) is 0 Å². The third kappa shape index (κ3) is 2.83. The van der Waals surface area contributed by atoms with Gasteiger partial charge in [-0.1, -0.05) is 0 Å². The highest BCUT2D eigenvalue weighted by atomic mass is 32.2. The molecule has 1 N–H and O–H groups in total. The van der Waals surface area contributed by atoms with Crippen molar-refractivity contribution in [1.82, 2.24) is 0 Å². The SMILES string of the molecule is O=S(O)OC(F)(F)C(F)(F)C(F)(F)C(F)(F)C(F)(F)F. The molecule has 0 amide bonds. The Kier molecular flexibility index (Phi) is 4.77. The fourth-order valence-corrected chi connectivity index (χ4v) is 0.984. The van der Waals surface area contributed by atoms with Gasteiger partial charge in [0.25, 0.3) is 0 Å². The van der Waals surface area contributed by atoms with Crippen LogP contribution in [0.1, 0.15) is 0 Å². The zero-order valence-electron chi connectivity index (χ0n) is 8.33. The maximum absolute atomic E-state index is 12.5. The molecule has 0 rings (SSSR count). The first-order valence-corrected chi connectivity index (χ1v) is 4.83. The molecule has 0 radical (unpaired) electrons. The minimum Gasteiger partial charge on any atom is -0.284 e. The van der Waals surface area contributed by atoms with Crippen molar-refractivity contribution in [2.45, 2.75) is 30.1 Å². The molecular weight excluding hydrogens is 349 g/mol.